The van der Waals surface area contributed by atoms with Crippen LogP contribution in [0.2, 0.25) is 0 Å². The van der Waals surface area contributed by atoms with Crippen LogP contribution in [0.4, 0.5) is 10.1 Å². The first-order valence-electron chi connectivity index (χ1n) is 10.2. The molecule has 166 valence electrons. The van der Waals surface area contributed by atoms with E-state index in [1.807, 2.05) is 0 Å². The molecular formula is C23H28FN3O4. The Hall–Kier alpha value is -3.00. The minimum Gasteiger partial charge on any atom is -0.389 e. The minimum absolute atomic E-state index is 0.0247. The summed E-state index contributed by atoms with van der Waals surface area (Å²) in [5, 5.41) is 15.1. The van der Waals surface area contributed by atoms with Crippen molar-refractivity contribution in [1.82, 2.24) is 9.88 Å². The van der Waals surface area contributed by atoms with Crippen LogP contribution in [-0.4, -0.2) is 39.4 Å². The van der Waals surface area contributed by atoms with Gasteiger partial charge in [0.1, 0.15) is 5.82 Å². The molecule has 0 saturated heterocycles. The maximum absolute atomic E-state index is 13.6. The molecule has 0 radical (unpaired) electrons. The van der Waals surface area contributed by atoms with Gasteiger partial charge in [-0.3, -0.25) is 14.4 Å². The van der Waals surface area contributed by atoms with Gasteiger partial charge >= 0.3 is 0 Å². The molecule has 0 bridgehead atoms. The van der Waals surface area contributed by atoms with E-state index in [4.69, 9.17) is 0 Å². The summed E-state index contributed by atoms with van der Waals surface area (Å²) < 4.78 is 15.1. The number of carbonyl (C=O) groups is 3. The van der Waals surface area contributed by atoms with Crippen LogP contribution in [0, 0.1) is 19.7 Å². The molecule has 8 heteroatoms. The highest BCUT2D eigenvalue weighted by atomic mass is 19.1. The third-order valence-corrected chi connectivity index (χ3v) is 5.46. The van der Waals surface area contributed by atoms with E-state index < -0.39 is 23.2 Å². The number of aryl methyl sites for hydroxylation is 1. The predicted molar refractivity (Wildman–Crippen MR) is 115 cm³/mol. The molecule has 0 unspecified atom stereocenters. The molecule has 1 aromatic carbocycles. The topological polar surface area (TPSA) is 100 Å². The van der Waals surface area contributed by atoms with Crippen molar-refractivity contribution in [3.8, 4) is 0 Å². The molecule has 7 nitrogen and oxygen atoms in total. The van der Waals surface area contributed by atoms with Crippen molar-refractivity contribution >= 4 is 23.3 Å². The van der Waals surface area contributed by atoms with Gasteiger partial charge in [0.15, 0.2) is 0 Å². The molecule has 1 aliphatic carbocycles. The zero-order chi connectivity index (χ0) is 23.1. The molecule has 2 aromatic rings. The van der Waals surface area contributed by atoms with E-state index in [1.165, 1.54) is 26.0 Å². The number of carbonyl (C=O) groups excluding carboxylic acids is 3. The zero-order valence-corrected chi connectivity index (χ0v) is 18.4. The molecule has 0 spiro atoms. The number of hydrogen-bond acceptors (Lipinski definition) is 4. The largest absolute Gasteiger partial charge is 0.389 e. The first-order valence-corrected chi connectivity index (χ1v) is 10.2. The standard InChI is InChI=1S/C23H28FN3O4/c1-12-10-15(8-9-16(12)24)26-21(29)17-13(2)27(5)19(18(17)14-6-7-14)20(28)22(30)25-11-23(3,4)31/h8-10,14,31H,6-7,11H2,1-5H3,(H,25,30)(H,26,29). The van der Waals surface area contributed by atoms with E-state index in [-0.39, 0.29) is 24.0 Å². The van der Waals surface area contributed by atoms with Crippen molar-refractivity contribution in [2.24, 2.45) is 7.05 Å². The second-order valence-corrected chi connectivity index (χ2v) is 8.80. The molecule has 1 aromatic heterocycles. The number of benzene rings is 1. The average molecular weight is 429 g/mol. The first kappa shape index (κ1) is 22.7. The van der Waals surface area contributed by atoms with Gasteiger partial charge in [0, 0.05) is 25.0 Å². The molecule has 31 heavy (non-hydrogen) atoms. The number of Topliss-reactive ketones (excluding diaryl/α,β-unsaturated/α-hetero) is 1. The van der Waals surface area contributed by atoms with Crippen LogP contribution in [0.15, 0.2) is 18.2 Å². The van der Waals surface area contributed by atoms with Gasteiger partial charge in [-0.15, -0.1) is 0 Å². The summed E-state index contributed by atoms with van der Waals surface area (Å²) in [6.45, 7) is 6.32. The molecule has 1 aliphatic rings. The third kappa shape index (κ3) is 4.85. The van der Waals surface area contributed by atoms with E-state index in [0.29, 0.717) is 28.1 Å². The number of aromatic nitrogens is 1. The highest BCUT2D eigenvalue weighted by Crippen LogP contribution is 2.45. The minimum atomic E-state index is -1.16. The van der Waals surface area contributed by atoms with Crippen molar-refractivity contribution in [2.75, 3.05) is 11.9 Å². The third-order valence-electron chi connectivity index (χ3n) is 5.46. The Morgan fingerprint density at radius 2 is 1.87 bits per heavy atom. The number of nitrogens with one attached hydrogen (secondary N) is 2. The van der Waals surface area contributed by atoms with Gasteiger partial charge in [0.05, 0.1) is 16.9 Å². The maximum Gasteiger partial charge on any atom is 0.294 e. The summed E-state index contributed by atoms with van der Waals surface area (Å²) in [4.78, 5) is 38.6. The van der Waals surface area contributed by atoms with Gasteiger partial charge in [0.25, 0.3) is 17.6 Å². The summed E-state index contributed by atoms with van der Waals surface area (Å²) in [5.41, 5.74) is 1.39. The fourth-order valence-corrected chi connectivity index (χ4v) is 3.56. The predicted octanol–water partition coefficient (Wildman–Crippen LogP) is 2.98. The summed E-state index contributed by atoms with van der Waals surface area (Å²) in [6.07, 6.45) is 1.65. The summed E-state index contributed by atoms with van der Waals surface area (Å²) in [5.74, 6) is -2.31. The van der Waals surface area contributed by atoms with E-state index >= 15 is 0 Å². The van der Waals surface area contributed by atoms with Gasteiger partial charge in [-0.2, -0.15) is 0 Å². The summed E-state index contributed by atoms with van der Waals surface area (Å²) >= 11 is 0. The van der Waals surface area contributed by atoms with Crippen molar-refractivity contribution in [3.05, 3.63) is 52.1 Å². The molecule has 1 fully saturated rings. The Morgan fingerprint density at radius 1 is 1.23 bits per heavy atom. The number of rotatable bonds is 7. The van der Waals surface area contributed by atoms with Crippen LogP contribution >= 0.6 is 0 Å². The number of aliphatic hydroxyl groups is 1. The highest BCUT2D eigenvalue weighted by molar-refractivity contribution is 6.43. The Morgan fingerprint density at radius 3 is 2.42 bits per heavy atom. The number of ketones is 1. The maximum atomic E-state index is 13.6. The Labute approximate surface area is 180 Å². The SMILES string of the molecule is Cc1cc(NC(=O)c2c(C3CC3)c(C(=O)C(=O)NCC(C)(C)O)n(C)c2C)ccc1F. The first-order chi connectivity index (χ1) is 14.4. The Kier molecular flexibility index (Phi) is 6.04. The van der Waals surface area contributed by atoms with Crippen molar-refractivity contribution in [2.45, 2.75) is 52.1 Å². The number of anilines is 1. The van der Waals surface area contributed by atoms with E-state index in [0.717, 1.165) is 12.8 Å². The highest BCUT2D eigenvalue weighted by Gasteiger charge is 2.38. The molecule has 0 aliphatic heterocycles. The molecule has 3 N–H and O–H groups in total. The second kappa shape index (κ2) is 8.26. The lowest BCUT2D eigenvalue weighted by Crippen LogP contribution is -2.41. The van der Waals surface area contributed by atoms with E-state index in [9.17, 15) is 23.9 Å². The fraction of sp³-hybridized carbons (Fsp3) is 0.435. The monoisotopic (exact) mass is 429 g/mol. The molecule has 1 heterocycles. The number of nitrogens with zero attached hydrogens (tertiary/aromatic N) is 1. The lowest BCUT2D eigenvalue weighted by atomic mass is 10.0. The molecule has 1 saturated carbocycles. The van der Waals surface area contributed by atoms with Gasteiger partial charge in [-0.1, -0.05) is 0 Å². The van der Waals surface area contributed by atoms with Crippen molar-refractivity contribution in [1.29, 1.82) is 0 Å². The second-order valence-electron chi connectivity index (χ2n) is 8.80. The van der Waals surface area contributed by atoms with Gasteiger partial charge in [-0.25, -0.2) is 4.39 Å². The Balaban J connectivity index is 1.95. The van der Waals surface area contributed by atoms with E-state index in [2.05, 4.69) is 10.6 Å². The number of halogens is 1. The van der Waals surface area contributed by atoms with Gasteiger partial charge < -0.3 is 20.3 Å². The fourth-order valence-electron chi connectivity index (χ4n) is 3.56. The number of amides is 2. The van der Waals surface area contributed by atoms with Crippen molar-refractivity contribution < 1.29 is 23.9 Å². The van der Waals surface area contributed by atoms with Gasteiger partial charge in [0.2, 0.25) is 0 Å². The zero-order valence-electron chi connectivity index (χ0n) is 18.4. The van der Waals surface area contributed by atoms with E-state index in [1.54, 1.807) is 31.5 Å². The van der Waals surface area contributed by atoms with Crippen LogP contribution in [0.1, 0.15) is 70.3 Å². The molecular weight excluding hydrogens is 401 g/mol. The van der Waals surface area contributed by atoms with Crippen LogP contribution in [0.5, 0.6) is 0 Å². The lowest BCUT2D eigenvalue weighted by Gasteiger charge is -2.17. The summed E-state index contributed by atoms with van der Waals surface area (Å²) in [6, 6.07) is 4.30. The van der Waals surface area contributed by atoms with Crippen molar-refractivity contribution in [3.63, 3.8) is 0 Å². The number of hydrogen-bond donors (Lipinski definition) is 3. The smallest absolute Gasteiger partial charge is 0.294 e. The average Bonchev–Trinajstić information content (AvgIpc) is 3.48. The molecule has 2 amide bonds. The lowest BCUT2D eigenvalue weighted by molar-refractivity contribution is -0.118. The molecule has 0 atom stereocenters. The van der Waals surface area contributed by atoms with Crippen LogP contribution in [0.25, 0.3) is 0 Å². The Bertz CT molecular complexity index is 1060. The van der Waals surface area contributed by atoms with Gasteiger partial charge in [-0.05, 0) is 75.8 Å². The normalized spacial score (nSPS) is 13.8. The molecule has 3 rings (SSSR count). The summed E-state index contributed by atoms with van der Waals surface area (Å²) in [7, 11) is 1.65. The quantitative estimate of drug-likeness (QED) is 0.465. The van der Waals surface area contributed by atoms with Crippen LogP contribution in [0.3, 0.4) is 0 Å². The van der Waals surface area contributed by atoms with Crippen LogP contribution < -0.4 is 10.6 Å². The van der Waals surface area contributed by atoms with Crippen LogP contribution in [-0.2, 0) is 11.8 Å².